The lowest BCUT2D eigenvalue weighted by Gasteiger charge is -2.24. The van der Waals surface area contributed by atoms with Crippen LogP contribution in [0.1, 0.15) is 39.7 Å². The second-order valence-electron chi connectivity index (χ2n) is 6.99. The average Bonchev–Trinajstić information content (AvgIpc) is 2.56. The minimum Gasteiger partial charge on any atom is -0.325 e. The Labute approximate surface area is 149 Å². The average molecular weight is 338 g/mol. The number of hydrogen-bond acceptors (Lipinski definition) is 2. The van der Waals surface area contributed by atoms with Crippen LogP contribution in [0.25, 0.3) is 0 Å². The van der Waals surface area contributed by atoms with Gasteiger partial charge in [0.25, 0.3) is 0 Å². The molecule has 0 spiro atoms. The van der Waals surface area contributed by atoms with Crippen LogP contribution in [0.2, 0.25) is 0 Å². The molecular formula is C21H26N2O2. The summed E-state index contributed by atoms with van der Waals surface area (Å²) in [6.45, 7) is 8.71. The van der Waals surface area contributed by atoms with Crippen molar-refractivity contribution in [3.8, 4) is 0 Å². The zero-order chi connectivity index (χ0) is 18.4. The summed E-state index contributed by atoms with van der Waals surface area (Å²) in [5.74, 6) is -0.504. The molecule has 4 nitrogen and oxygen atoms in total. The van der Waals surface area contributed by atoms with E-state index in [9.17, 15) is 9.59 Å². The van der Waals surface area contributed by atoms with Gasteiger partial charge >= 0.3 is 0 Å². The summed E-state index contributed by atoms with van der Waals surface area (Å²) in [6.07, 6.45) is -0.179. The first kappa shape index (κ1) is 18.7. The summed E-state index contributed by atoms with van der Waals surface area (Å²) in [6, 6.07) is 17.1. The van der Waals surface area contributed by atoms with Gasteiger partial charge in [-0.15, -0.1) is 0 Å². The fourth-order valence-electron chi connectivity index (χ4n) is 2.78. The van der Waals surface area contributed by atoms with Gasteiger partial charge in [-0.1, -0.05) is 57.2 Å². The molecule has 2 aromatic rings. The number of anilines is 2. The number of hydrogen-bond donors (Lipinski definition) is 1. The molecule has 0 unspecified atom stereocenters. The second kappa shape index (κ2) is 7.97. The highest BCUT2D eigenvalue weighted by atomic mass is 16.2. The minimum atomic E-state index is -0.295. The SMILES string of the molecule is CCN(C(=O)CC(=O)Nc1ccccc1C(C)(C)C)c1ccccc1. The Hall–Kier alpha value is -2.62. The molecule has 0 fully saturated rings. The smallest absolute Gasteiger partial charge is 0.236 e. The van der Waals surface area contributed by atoms with E-state index in [4.69, 9.17) is 0 Å². The number of nitrogens with zero attached hydrogens (tertiary/aromatic N) is 1. The Bertz CT molecular complexity index is 733. The Morgan fingerprint density at radius 3 is 2.16 bits per heavy atom. The van der Waals surface area contributed by atoms with Crippen LogP contribution in [-0.2, 0) is 15.0 Å². The van der Waals surface area contributed by atoms with Gasteiger partial charge in [0.2, 0.25) is 11.8 Å². The summed E-state index contributed by atoms with van der Waals surface area (Å²) < 4.78 is 0. The van der Waals surface area contributed by atoms with Crippen molar-refractivity contribution >= 4 is 23.2 Å². The predicted octanol–water partition coefficient (Wildman–Crippen LogP) is 4.37. The maximum atomic E-state index is 12.5. The van der Waals surface area contributed by atoms with Crippen molar-refractivity contribution < 1.29 is 9.59 Å². The van der Waals surface area contributed by atoms with Gasteiger partial charge in [-0.25, -0.2) is 0 Å². The standard InChI is InChI=1S/C21H26N2O2/c1-5-23(16-11-7-6-8-12-16)20(25)15-19(24)22-18-14-10-9-13-17(18)21(2,3)4/h6-14H,5,15H2,1-4H3,(H,22,24). The second-order valence-corrected chi connectivity index (χ2v) is 6.99. The van der Waals surface area contributed by atoms with E-state index in [2.05, 4.69) is 26.1 Å². The van der Waals surface area contributed by atoms with Gasteiger partial charge in [-0.2, -0.15) is 0 Å². The van der Waals surface area contributed by atoms with Crippen LogP contribution in [0.4, 0.5) is 11.4 Å². The number of benzene rings is 2. The van der Waals surface area contributed by atoms with E-state index in [0.717, 1.165) is 16.9 Å². The third-order valence-corrected chi connectivity index (χ3v) is 4.01. The molecule has 4 heteroatoms. The third-order valence-electron chi connectivity index (χ3n) is 4.01. The van der Waals surface area contributed by atoms with Crippen LogP contribution in [0.15, 0.2) is 54.6 Å². The largest absolute Gasteiger partial charge is 0.325 e. The van der Waals surface area contributed by atoms with Gasteiger partial charge in [-0.3, -0.25) is 9.59 Å². The minimum absolute atomic E-state index is 0.0899. The lowest BCUT2D eigenvalue weighted by atomic mass is 9.86. The van der Waals surface area contributed by atoms with Crippen molar-refractivity contribution in [3.05, 3.63) is 60.2 Å². The van der Waals surface area contributed by atoms with Crippen molar-refractivity contribution in [1.82, 2.24) is 0 Å². The molecular weight excluding hydrogens is 312 g/mol. The fraction of sp³-hybridized carbons (Fsp3) is 0.333. The molecule has 0 heterocycles. The van der Waals surface area contributed by atoms with Crippen LogP contribution in [0.3, 0.4) is 0 Å². The molecule has 0 aliphatic carbocycles. The van der Waals surface area contributed by atoms with Crippen molar-refractivity contribution in [3.63, 3.8) is 0 Å². The summed E-state index contributed by atoms with van der Waals surface area (Å²) in [5.41, 5.74) is 2.52. The summed E-state index contributed by atoms with van der Waals surface area (Å²) in [4.78, 5) is 26.5. The highest BCUT2D eigenvalue weighted by Crippen LogP contribution is 2.29. The molecule has 1 N–H and O–H groups in total. The molecule has 2 aromatic carbocycles. The highest BCUT2D eigenvalue weighted by Gasteiger charge is 2.21. The molecule has 0 aliphatic rings. The topological polar surface area (TPSA) is 49.4 Å². The van der Waals surface area contributed by atoms with Gasteiger partial charge in [0.15, 0.2) is 0 Å². The molecule has 0 atom stereocenters. The number of para-hydroxylation sites is 2. The molecule has 0 saturated carbocycles. The normalized spacial score (nSPS) is 11.0. The number of carbonyl (C=O) groups is 2. The molecule has 0 bridgehead atoms. The van der Waals surface area contributed by atoms with E-state index >= 15 is 0 Å². The quantitative estimate of drug-likeness (QED) is 0.823. The molecule has 2 rings (SSSR count). The van der Waals surface area contributed by atoms with Crippen molar-refractivity contribution in [2.75, 3.05) is 16.8 Å². The highest BCUT2D eigenvalue weighted by molar-refractivity contribution is 6.09. The summed E-state index contributed by atoms with van der Waals surface area (Å²) in [5, 5.41) is 2.89. The molecule has 0 aromatic heterocycles. The van der Waals surface area contributed by atoms with Gasteiger partial charge in [0.05, 0.1) is 0 Å². The first-order valence-corrected chi connectivity index (χ1v) is 8.57. The molecule has 25 heavy (non-hydrogen) atoms. The predicted molar refractivity (Wildman–Crippen MR) is 103 cm³/mol. The van der Waals surface area contributed by atoms with E-state index in [1.165, 1.54) is 0 Å². The maximum Gasteiger partial charge on any atom is 0.236 e. The number of amides is 2. The third kappa shape index (κ3) is 4.92. The zero-order valence-electron chi connectivity index (χ0n) is 15.4. The van der Waals surface area contributed by atoms with E-state index in [1.807, 2.05) is 61.5 Å². The first-order chi connectivity index (χ1) is 11.8. The monoisotopic (exact) mass is 338 g/mol. The summed E-state index contributed by atoms with van der Waals surface area (Å²) >= 11 is 0. The Kier molecular flexibility index (Phi) is 5.97. The van der Waals surface area contributed by atoms with E-state index in [1.54, 1.807) is 4.90 Å². The molecule has 0 saturated heterocycles. The number of carbonyl (C=O) groups excluding carboxylic acids is 2. The van der Waals surface area contributed by atoms with Gasteiger partial charge in [0.1, 0.15) is 6.42 Å². The van der Waals surface area contributed by atoms with Crippen LogP contribution in [0.5, 0.6) is 0 Å². The van der Waals surface area contributed by atoms with Crippen LogP contribution in [0, 0.1) is 0 Å². The van der Waals surface area contributed by atoms with Crippen LogP contribution < -0.4 is 10.2 Å². The Morgan fingerprint density at radius 1 is 0.960 bits per heavy atom. The van der Waals surface area contributed by atoms with Gasteiger partial charge in [0, 0.05) is 17.9 Å². The molecule has 0 radical (unpaired) electrons. The zero-order valence-corrected chi connectivity index (χ0v) is 15.4. The maximum absolute atomic E-state index is 12.5. The van der Waals surface area contributed by atoms with E-state index in [-0.39, 0.29) is 23.7 Å². The summed E-state index contributed by atoms with van der Waals surface area (Å²) in [7, 11) is 0. The Balaban J connectivity index is 2.09. The van der Waals surface area contributed by atoms with E-state index in [0.29, 0.717) is 6.54 Å². The molecule has 0 aliphatic heterocycles. The van der Waals surface area contributed by atoms with Gasteiger partial charge in [-0.05, 0) is 36.1 Å². The molecule has 132 valence electrons. The first-order valence-electron chi connectivity index (χ1n) is 8.57. The number of rotatable bonds is 5. The number of nitrogens with one attached hydrogen (secondary N) is 1. The lowest BCUT2D eigenvalue weighted by Crippen LogP contribution is -2.33. The van der Waals surface area contributed by atoms with Crippen LogP contribution in [-0.4, -0.2) is 18.4 Å². The lowest BCUT2D eigenvalue weighted by molar-refractivity contribution is -0.125. The van der Waals surface area contributed by atoms with Crippen molar-refractivity contribution in [2.24, 2.45) is 0 Å². The van der Waals surface area contributed by atoms with E-state index < -0.39 is 0 Å². The van der Waals surface area contributed by atoms with Crippen molar-refractivity contribution in [1.29, 1.82) is 0 Å². The van der Waals surface area contributed by atoms with Crippen LogP contribution >= 0.6 is 0 Å². The van der Waals surface area contributed by atoms with Gasteiger partial charge < -0.3 is 10.2 Å². The fourth-order valence-corrected chi connectivity index (χ4v) is 2.78. The Morgan fingerprint density at radius 2 is 1.56 bits per heavy atom. The van der Waals surface area contributed by atoms with Crippen molar-refractivity contribution in [2.45, 2.75) is 39.5 Å². The molecule has 2 amide bonds.